The number of carbonyl (C=O) groups is 1. The summed E-state index contributed by atoms with van der Waals surface area (Å²) in [5.74, 6) is 0.807. The first kappa shape index (κ1) is 26.5. The third-order valence-corrected chi connectivity index (χ3v) is 8.80. The van der Waals surface area contributed by atoms with Gasteiger partial charge in [-0.15, -0.1) is 0 Å². The molecule has 40 heavy (non-hydrogen) atoms. The van der Waals surface area contributed by atoms with Crippen LogP contribution < -0.4 is 4.74 Å². The molecular formula is C33H31N3O2S2. The lowest BCUT2D eigenvalue weighted by Crippen LogP contribution is -2.39. The molecule has 0 unspecified atom stereocenters. The van der Waals surface area contributed by atoms with E-state index in [1.54, 1.807) is 0 Å². The van der Waals surface area contributed by atoms with Crippen molar-refractivity contribution >= 4 is 40.3 Å². The summed E-state index contributed by atoms with van der Waals surface area (Å²) < 4.78 is 8.55. The molecule has 1 saturated carbocycles. The topological polar surface area (TPSA) is 47.4 Å². The van der Waals surface area contributed by atoms with Crippen LogP contribution in [-0.4, -0.2) is 30.9 Å². The predicted octanol–water partition coefficient (Wildman–Crippen LogP) is 7.96. The van der Waals surface area contributed by atoms with E-state index in [0.717, 1.165) is 59.5 Å². The third-order valence-electron chi connectivity index (χ3n) is 7.47. The highest BCUT2D eigenvalue weighted by Gasteiger charge is 2.37. The molecule has 0 spiro atoms. The van der Waals surface area contributed by atoms with Crippen LogP contribution in [0, 0.1) is 6.92 Å². The van der Waals surface area contributed by atoms with Crippen LogP contribution in [-0.2, 0) is 11.4 Å². The molecule has 1 aliphatic carbocycles. The van der Waals surface area contributed by atoms with E-state index in [9.17, 15) is 4.79 Å². The summed E-state index contributed by atoms with van der Waals surface area (Å²) in [6, 6.07) is 26.6. The van der Waals surface area contributed by atoms with E-state index in [-0.39, 0.29) is 11.9 Å². The van der Waals surface area contributed by atoms with Crippen molar-refractivity contribution in [3.63, 3.8) is 0 Å². The molecule has 0 N–H and O–H groups in total. The Bertz CT molecular complexity index is 1540. The van der Waals surface area contributed by atoms with Crippen LogP contribution in [0.15, 0.2) is 90.0 Å². The van der Waals surface area contributed by atoms with Gasteiger partial charge in [-0.1, -0.05) is 91.3 Å². The molecule has 0 bridgehead atoms. The van der Waals surface area contributed by atoms with Crippen molar-refractivity contribution in [2.24, 2.45) is 0 Å². The average molecular weight is 566 g/mol. The lowest BCUT2D eigenvalue weighted by atomic mass is 9.94. The van der Waals surface area contributed by atoms with Crippen molar-refractivity contribution in [1.29, 1.82) is 0 Å². The van der Waals surface area contributed by atoms with Gasteiger partial charge < -0.3 is 4.74 Å². The zero-order chi connectivity index (χ0) is 27.5. The molecule has 1 amide bonds. The summed E-state index contributed by atoms with van der Waals surface area (Å²) in [6.07, 6.45) is 9.52. The van der Waals surface area contributed by atoms with Gasteiger partial charge in [0.2, 0.25) is 0 Å². The fourth-order valence-electron chi connectivity index (χ4n) is 5.27. The van der Waals surface area contributed by atoms with Crippen molar-refractivity contribution < 1.29 is 9.53 Å². The normalized spacial score (nSPS) is 17.1. The number of thiocarbonyl (C=S) groups is 1. The van der Waals surface area contributed by atoms with E-state index in [2.05, 4.69) is 31.2 Å². The van der Waals surface area contributed by atoms with Gasteiger partial charge in [0.05, 0.1) is 16.3 Å². The fraction of sp³-hybridized carbons (Fsp3) is 0.242. The summed E-state index contributed by atoms with van der Waals surface area (Å²) >= 11 is 7.07. The number of hydrogen-bond acceptors (Lipinski definition) is 5. The number of nitrogens with zero attached hydrogens (tertiary/aromatic N) is 3. The van der Waals surface area contributed by atoms with Gasteiger partial charge in [-0.05, 0) is 67.8 Å². The largest absolute Gasteiger partial charge is 0.489 e. The lowest BCUT2D eigenvalue weighted by Gasteiger charge is -2.29. The van der Waals surface area contributed by atoms with Crippen LogP contribution in [0.2, 0.25) is 0 Å². The van der Waals surface area contributed by atoms with E-state index in [1.807, 2.05) is 76.5 Å². The van der Waals surface area contributed by atoms with Gasteiger partial charge in [0.15, 0.2) is 0 Å². The second-order valence-corrected chi connectivity index (χ2v) is 12.0. The van der Waals surface area contributed by atoms with Gasteiger partial charge in [0.25, 0.3) is 5.91 Å². The predicted molar refractivity (Wildman–Crippen MR) is 166 cm³/mol. The number of amides is 1. The zero-order valence-corrected chi connectivity index (χ0v) is 24.1. The summed E-state index contributed by atoms with van der Waals surface area (Å²) in [5.41, 5.74) is 5.94. The Labute approximate surface area is 244 Å². The molecule has 5 nitrogen and oxygen atoms in total. The van der Waals surface area contributed by atoms with Gasteiger partial charge in [0.1, 0.15) is 16.7 Å². The highest BCUT2D eigenvalue weighted by molar-refractivity contribution is 8.26. The standard InChI is InChI=1S/C33H31N3O2S2/c1-23-12-14-24(15-13-23)22-38-29-18-16-25(17-19-29)31-26(21-35(34-31)27-8-4-2-5-9-27)20-30-32(37)36(33(39)40-30)28-10-6-3-7-11-28/h2,4-5,8-9,12-21,28H,3,6-7,10-11,22H2,1H3. The maximum absolute atomic E-state index is 13.5. The SMILES string of the molecule is Cc1ccc(COc2ccc(-c3nn(-c4ccccc4)cc3C=C3SC(=S)N(C4CCCCC4)C3=O)cc2)cc1. The Morgan fingerprint density at radius 1 is 0.975 bits per heavy atom. The van der Waals surface area contributed by atoms with Crippen LogP contribution >= 0.6 is 24.0 Å². The number of aryl methyl sites for hydroxylation is 1. The molecule has 1 saturated heterocycles. The summed E-state index contributed by atoms with van der Waals surface area (Å²) in [5, 5.41) is 4.94. The second kappa shape index (κ2) is 11.8. The van der Waals surface area contributed by atoms with Crippen LogP contribution in [0.1, 0.15) is 48.8 Å². The van der Waals surface area contributed by atoms with Crippen molar-refractivity contribution in [1.82, 2.24) is 14.7 Å². The molecule has 2 aliphatic rings. The number of rotatable bonds is 7. The van der Waals surface area contributed by atoms with Gasteiger partial charge in [0, 0.05) is 23.4 Å². The van der Waals surface area contributed by atoms with E-state index < -0.39 is 0 Å². The monoisotopic (exact) mass is 565 g/mol. The van der Waals surface area contributed by atoms with E-state index in [4.69, 9.17) is 22.1 Å². The summed E-state index contributed by atoms with van der Waals surface area (Å²) in [7, 11) is 0. The number of para-hydroxylation sites is 1. The van der Waals surface area contributed by atoms with Gasteiger partial charge in [-0.2, -0.15) is 5.10 Å². The molecule has 1 aromatic heterocycles. The summed E-state index contributed by atoms with van der Waals surface area (Å²) in [6.45, 7) is 2.59. The van der Waals surface area contributed by atoms with Gasteiger partial charge >= 0.3 is 0 Å². The van der Waals surface area contributed by atoms with Crippen molar-refractivity contribution in [2.75, 3.05) is 0 Å². The number of ether oxygens (including phenoxy) is 1. The number of carbonyl (C=O) groups excluding carboxylic acids is 1. The number of thioether (sulfide) groups is 1. The quantitative estimate of drug-likeness (QED) is 0.168. The minimum absolute atomic E-state index is 0.0140. The molecule has 7 heteroatoms. The van der Waals surface area contributed by atoms with Crippen molar-refractivity contribution in [3.8, 4) is 22.7 Å². The highest BCUT2D eigenvalue weighted by Crippen LogP contribution is 2.38. The highest BCUT2D eigenvalue weighted by atomic mass is 32.2. The van der Waals surface area contributed by atoms with Crippen molar-refractivity contribution in [2.45, 2.75) is 51.7 Å². The average Bonchev–Trinajstić information content (AvgIpc) is 3.54. The minimum atomic E-state index is 0.0140. The molecular weight excluding hydrogens is 535 g/mol. The molecule has 3 aromatic carbocycles. The maximum Gasteiger partial charge on any atom is 0.266 e. The molecule has 202 valence electrons. The van der Waals surface area contributed by atoms with E-state index >= 15 is 0 Å². The fourth-order valence-corrected chi connectivity index (χ4v) is 6.66. The van der Waals surface area contributed by atoms with E-state index in [0.29, 0.717) is 15.8 Å². The first-order valence-corrected chi connectivity index (χ1v) is 15.0. The van der Waals surface area contributed by atoms with Gasteiger partial charge in [-0.25, -0.2) is 4.68 Å². The smallest absolute Gasteiger partial charge is 0.266 e. The Balaban J connectivity index is 1.28. The van der Waals surface area contributed by atoms with Gasteiger partial charge in [-0.3, -0.25) is 9.69 Å². The second-order valence-electron chi connectivity index (χ2n) is 10.4. The first-order chi connectivity index (χ1) is 19.5. The Kier molecular flexibility index (Phi) is 7.84. The first-order valence-electron chi connectivity index (χ1n) is 13.8. The number of benzene rings is 3. The molecule has 4 aromatic rings. The maximum atomic E-state index is 13.5. The van der Waals surface area contributed by atoms with Crippen molar-refractivity contribution in [3.05, 3.63) is 107 Å². The zero-order valence-electron chi connectivity index (χ0n) is 22.5. The molecule has 2 heterocycles. The lowest BCUT2D eigenvalue weighted by molar-refractivity contribution is -0.124. The molecule has 6 rings (SSSR count). The van der Waals surface area contributed by atoms with Crippen LogP contribution in [0.4, 0.5) is 0 Å². The Morgan fingerprint density at radius 2 is 1.70 bits per heavy atom. The van der Waals surface area contributed by atoms with Crippen LogP contribution in [0.3, 0.4) is 0 Å². The van der Waals surface area contributed by atoms with Crippen LogP contribution in [0.25, 0.3) is 23.0 Å². The minimum Gasteiger partial charge on any atom is -0.489 e. The third kappa shape index (κ3) is 5.76. The van der Waals surface area contributed by atoms with E-state index in [1.165, 1.54) is 23.7 Å². The molecule has 2 fully saturated rings. The number of hydrogen-bond donors (Lipinski definition) is 0. The Morgan fingerprint density at radius 3 is 2.42 bits per heavy atom. The molecule has 0 radical (unpaired) electrons. The molecule has 0 atom stereocenters. The molecule has 1 aliphatic heterocycles. The Hall–Kier alpha value is -3.68. The number of aromatic nitrogens is 2. The van der Waals surface area contributed by atoms with Crippen LogP contribution in [0.5, 0.6) is 5.75 Å². The summed E-state index contributed by atoms with van der Waals surface area (Å²) in [4.78, 5) is 16.0.